The third kappa shape index (κ3) is 2.67. The fourth-order valence-electron chi connectivity index (χ4n) is 3.22. The van der Waals surface area contributed by atoms with E-state index in [4.69, 9.17) is 0 Å². The Morgan fingerprint density at radius 3 is 2.38 bits per heavy atom. The second-order valence-corrected chi connectivity index (χ2v) is 5.43. The minimum absolute atomic E-state index is 0.798. The van der Waals surface area contributed by atoms with Crippen LogP contribution in [0.3, 0.4) is 0 Å². The van der Waals surface area contributed by atoms with Gasteiger partial charge in [0, 0.05) is 24.7 Å². The molecule has 2 rings (SSSR count). The van der Waals surface area contributed by atoms with Crippen molar-refractivity contribution < 1.29 is 0 Å². The van der Waals surface area contributed by atoms with Crippen molar-refractivity contribution in [1.29, 1.82) is 0 Å². The molecule has 0 spiro atoms. The van der Waals surface area contributed by atoms with Crippen LogP contribution >= 0.6 is 0 Å². The number of likely N-dealkylation sites (N-methyl/N-ethyl adjacent to an activating group) is 1. The number of piperidine rings is 1. The zero-order valence-corrected chi connectivity index (χ0v) is 10.8. The molecule has 2 heteroatoms. The van der Waals surface area contributed by atoms with E-state index in [-0.39, 0.29) is 0 Å². The maximum Gasteiger partial charge on any atom is 0.0192 e. The van der Waals surface area contributed by atoms with Gasteiger partial charge in [-0.25, -0.2) is 0 Å². The first-order chi connectivity index (χ1) is 7.72. The zero-order valence-electron chi connectivity index (χ0n) is 10.8. The summed E-state index contributed by atoms with van der Waals surface area (Å²) in [5.74, 6) is 0. The first kappa shape index (κ1) is 12.1. The Labute approximate surface area is 100 Å². The molecule has 0 saturated carbocycles. The molecule has 2 atom stereocenters. The quantitative estimate of drug-likeness (QED) is 0.719. The fourth-order valence-corrected chi connectivity index (χ4v) is 3.22. The van der Waals surface area contributed by atoms with Gasteiger partial charge in [0.25, 0.3) is 0 Å². The number of rotatable bonds is 5. The van der Waals surface area contributed by atoms with Gasteiger partial charge in [0.05, 0.1) is 0 Å². The first-order valence-corrected chi connectivity index (χ1v) is 6.89. The molecule has 92 valence electrons. The van der Waals surface area contributed by atoms with Gasteiger partial charge in [0.2, 0.25) is 0 Å². The molecule has 2 aliphatic rings. The summed E-state index contributed by atoms with van der Waals surface area (Å²) in [5, 5.41) is 3.72. The van der Waals surface area contributed by atoms with Crippen molar-refractivity contribution in [2.75, 3.05) is 13.1 Å². The number of hydrogen-bond acceptors (Lipinski definition) is 2. The Morgan fingerprint density at radius 1 is 1.25 bits per heavy atom. The van der Waals surface area contributed by atoms with Crippen molar-refractivity contribution in [3.8, 4) is 0 Å². The van der Waals surface area contributed by atoms with Crippen molar-refractivity contribution in [2.45, 2.75) is 64.1 Å². The lowest BCUT2D eigenvalue weighted by Crippen LogP contribution is -2.48. The van der Waals surface area contributed by atoms with Crippen LogP contribution in [0.25, 0.3) is 0 Å². The Morgan fingerprint density at radius 2 is 1.88 bits per heavy atom. The van der Waals surface area contributed by atoms with Gasteiger partial charge in [0.15, 0.2) is 0 Å². The highest BCUT2D eigenvalue weighted by Crippen LogP contribution is 2.30. The maximum absolute atomic E-state index is 4.15. The maximum atomic E-state index is 4.15. The third-order valence-corrected chi connectivity index (χ3v) is 4.30. The van der Waals surface area contributed by atoms with Crippen LogP contribution in [0.4, 0.5) is 0 Å². The molecule has 1 N–H and O–H groups in total. The fraction of sp³-hybridized carbons (Fsp3) is 0.857. The zero-order chi connectivity index (χ0) is 11.5. The summed E-state index contributed by atoms with van der Waals surface area (Å²) >= 11 is 0. The molecule has 0 radical (unpaired) electrons. The summed E-state index contributed by atoms with van der Waals surface area (Å²) in [6.07, 6.45) is 6.61. The summed E-state index contributed by atoms with van der Waals surface area (Å²) in [6.45, 7) is 10.9. The lowest BCUT2D eigenvalue weighted by molar-refractivity contribution is 0.158. The average molecular weight is 222 g/mol. The highest BCUT2D eigenvalue weighted by molar-refractivity contribution is 5.00. The van der Waals surface area contributed by atoms with Crippen LogP contribution in [0.1, 0.15) is 46.0 Å². The van der Waals surface area contributed by atoms with E-state index >= 15 is 0 Å². The largest absolute Gasteiger partial charge is 0.311 e. The molecule has 2 aliphatic heterocycles. The van der Waals surface area contributed by atoms with Gasteiger partial charge < -0.3 is 5.32 Å². The Hall–Kier alpha value is -0.340. The Balaban J connectivity index is 1.91. The molecule has 0 aromatic carbocycles. The standard InChI is InChI=1S/C14H26N2/c1-4-11(3)10-16(5-2)14-8-12-6-7-13(9-14)15-12/h12-15H,3-10H2,1-2H3. The summed E-state index contributed by atoms with van der Waals surface area (Å²) in [7, 11) is 0. The molecule has 16 heavy (non-hydrogen) atoms. The predicted octanol–water partition coefficient (Wildman–Crippen LogP) is 2.56. The van der Waals surface area contributed by atoms with Gasteiger partial charge in [-0.1, -0.05) is 26.0 Å². The molecule has 2 unspecified atom stereocenters. The van der Waals surface area contributed by atoms with Crippen LogP contribution in [0, 0.1) is 0 Å². The highest BCUT2D eigenvalue weighted by Gasteiger charge is 2.35. The van der Waals surface area contributed by atoms with E-state index < -0.39 is 0 Å². The summed E-state index contributed by atoms with van der Waals surface area (Å²) in [6, 6.07) is 2.40. The van der Waals surface area contributed by atoms with E-state index in [1.807, 2.05) is 0 Å². The number of fused-ring (bicyclic) bond motifs is 2. The number of nitrogens with zero attached hydrogens (tertiary/aromatic N) is 1. The highest BCUT2D eigenvalue weighted by atomic mass is 15.2. The van der Waals surface area contributed by atoms with E-state index in [0.29, 0.717) is 0 Å². The average Bonchev–Trinajstić information content (AvgIpc) is 2.64. The molecule has 0 aromatic rings. The van der Waals surface area contributed by atoms with Gasteiger partial charge in [0.1, 0.15) is 0 Å². The van der Waals surface area contributed by atoms with Crippen molar-refractivity contribution in [3.63, 3.8) is 0 Å². The summed E-state index contributed by atoms with van der Waals surface area (Å²) in [5.41, 5.74) is 1.38. The SMILES string of the molecule is C=C(CC)CN(CC)C1CC2CCC(C1)N2. The van der Waals surface area contributed by atoms with Gasteiger partial charge in [-0.15, -0.1) is 0 Å². The van der Waals surface area contributed by atoms with Gasteiger partial charge in [-0.2, -0.15) is 0 Å². The van der Waals surface area contributed by atoms with Crippen molar-refractivity contribution in [1.82, 2.24) is 10.2 Å². The third-order valence-electron chi connectivity index (χ3n) is 4.30. The molecule has 2 fully saturated rings. The van der Waals surface area contributed by atoms with Crippen LogP contribution in [-0.4, -0.2) is 36.1 Å². The molecule has 0 aliphatic carbocycles. The lowest BCUT2D eigenvalue weighted by Gasteiger charge is -2.37. The molecule has 0 amide bonds. The second kappa shape index (κ2) is 5.33. The van der Waals surface area contributed by atoms with Gasteiger partial charge in [-0.3, -0.25) is 4.90 Å². The summed E-state index contributed by atoms with van der Waals surface area (Å²) in [4.78, 5) is 2.64. The normalized spacial score (nSPS) is 33.3. The second-order valence-electron chi connectivity index (χ2n) is 5.43. The minimum atomic E-state index is 0.798. The van der Waals surface area contributed by atoms with Crippen molar-refractivity contribution >= 4 is 0 Å². The van der Waals surface area contributed by atoms with E-state index in [1.165, 1.54) is 37.8 Å². The van der Waals surface area contributed by atoms with E-state index in [2.05, 4.69) is 30.6 Å². The van der Waals surface area contributed by atoms with E-state index in [9.17, 15) is 0 Å². The van der Waals surface area contributed by atoms with Crippen LogP contribution < -0.4 is 5.32 Å². The molecule has 2 saturated heterocycles. The predicted molar refractivity (Wildman–Crippen MR) is 69.6 cm³/mol. The van der Waals surface area contributed by atoms with Crippen molar-refractivity contribution in [2.24, 2.45) is 0 Å². The Bertz CT molecular complexity index is 237. The van der Waals surface area contributed by atoms with Crippen LogP contribution in [0.5, 0.6) is 0 Å². The van der Waals surface area contributed by atoms with E-state index in [0.717, 1.165) is 31.1 Å². The lowest BCUT2D eigenvalue weighted by atomic mass is 9.97. The Kier molecular flexibility index (Phi) is 4.04. The van der Waals surface area contributed by atoms with Crippen LogP contribution in [-0.2, 0) is 0 Å². The molecular weight excluding hydrogens is 196 g/mol. The molecule has 2 nitrogen and oxygen atoms in total. The smallest absolute Gasteiger partial charge is 0.0192 e. The molecule has 0 aromatic heterocycles. The molecule has 2 bridgehead atoms. The number of hydrogen-bond donors (Lipinski definition) is 1. The number of nitrogens with one attached hydrogen (secondary N) is 1. The molecule has 2 heterocycles. The van der Waals surface area contributed by atoms with E-state index in [1.54, 1.807) is 0 Å². The molecular formula is C14H26N2. The topological polar surface area (TPSA) is 15.3 Å². The first-order valence-electron chi connectivity index (χ1n) is 6.89. The summed E-state index contributed by atoms with van der Waals surface area (Å²) < 4.78 is 0. The van der Waals surface area contributed by atoms with Crippen LogP contribution in [0.15, 0.2) is 12.2 Å². The minimum Gasteiger partial charge on any atom is -0.311 e. The van der Waals surface area contributed by atoms with Crippen LogP contribution in [0.2, 0.25) is 0 Å². The van der Waals surface area contributed by atoms with Gasteiger partial charge >= 0.3 is 0 Å². The van der Waals surface area contributed by atoms with Gasteiger partial charge in [-0.05, 0) is 38.6 Å². The van der Waals surface area contributed by atoms with Crippen molar-refractivity contribution in [3.05, 3.63) is 12.2 Å². The monoisotopic (exact) mass is 222 g/mol.